The standard InChI is InChI=1S/C17H21N3OS/c1-12-7-9-15(10-8-12)21-11-14(3)19-17(22)20-16-6-4-5-13(2)18-16/h4-10,14H,11H2,1-3H3,(H2,18,19,20,22). The van der Waals surface area contributed by atoms with Gasteiger partial charge in [-0.25, -0.2) is 4.98 Å². The average Bonchev–Trinajstić information content (AvgIpc) is 2.46. The van der Waals surface area contributed by atoms with Gasteiger partial charge in [0.25, 0.3) is 0 Å². The van der Waals surface area contributed by atoms with Gasteiger partial charge in [-0.05, 0) is 57.3 Å². The first-order valence-corrected chi connectivity index (χ1v) is 7.64. The molecule has 0 aliphatic heterocycles. The van der Waals surface area contributed by atoms with E-state index in [0.29, 0.717) is 11.7 Å². The Bertz CT molecular complexity index is 628. The van der Waals surface area contributed by atoms with Crippen LogP contribution in [0.2, 0.25) is 0 Å². The largest absolute Gasteiger partial charge is 0.491 e. The van der Waals surface area contributed by atoms with Crippen LogP contribution < -0.4 is 15.4 Å². The number of rotatable bonds is 5. The third kappa shape index (κ3) is 5.33. The maximum atomic E-state index is 5.73. The minimum absolute atomic E-state index is 0.0890. The van der Waals surface area contributed by atoms with Crippen LogP contribution in [0.15, 0.2) is 42.5 Å². The van der Waals surface area contributed by atoms with Gasteiger partial charge in [0.1, 0.15) is 18.2 Å². The summed E-state index contributed by atoms with van der Waals surface area (Å²) in [6, 6.07) is 13.9. The zero-order valence-corrected chi connectivity index (χ0v) is 13.9. The number of thiocarbonyl (C=S) groups is 1. The maximum Gasteiger partial charge on any atom is 0.172 e. The third-order valence-electron chi connectivity index (χ3n) is 3.03. The Morgan fingerprint density at radius 3 is 2.59 bits per heavy atom. The molecule has 1 heterocycles. The molecule has 1 aromatic carbocycles. The predicted octanol–water partition coefficient (Wildman–Crippen LogP) is 3.45. The average molecular weight is 315 g/mol. The molecule has 0 bridgehead atoms. The quantitative estimate of drug-likeness (QED) is 0.828. The highest BCUT2D eigenvalue weighted by atomic mass is 32.1. The lowest BCUT2D eigenvalue weighted by atomic mass is 10.2. The van der Waals surface area contributed by atoms with Crippen molar-refractivity contribution in [3.05, 3.63) is 53.7 Å². The van der Waals surface area contributed by atoms with E-state index in [1.165, 1.54) is 5.56 Å². The van der Waals surface area contributed by atoms with E-state index in [-0.39, 0.29) is 6.04 Å². The molecule has 0 amide bonds. The highest BCUT2D eigenvalue weighted by Crippen LogP contribution is 2.11. The number of aromatic nitrogens is 1. The molecule has 2 aromatic rings. The molecule has 0 saturated carbocycles. The predicted molar refractivity (Wildman–Crippen MR) is 94.5 cm³/mol. The molecule has 2 N–H and O–H groups in total. The van der Waals surface area contributed by atoms with Gasteiger partial charge in [-0.3, -0.25) is 0 Å². The van der Waals surface area contributed by atoms with E-state index >= 15 is 0 Å². The minimum Gasteiger partial charge on any atom is -0.491 e. The fraction of sp³-hybridized carbons (Fsp3) is 0.294. The van der Waals surface area contributed by atoms with Crippen molar-refractivity contribution in [2.45, 2.75) is 26.8 Å². The zero-order valence-electron chi connectivity index (χ0n) is 13.1. The number of anilines is 1. The van der Waals surface area contributed by atoms with E-state index in [4.69, 9.17) is 17.0 Å². The molecule has 0 fully saturated rings. The molecular formula is C17H21N3OS. The second-order valence-corrected chi connectivity index (χ2v) is 5.70. The lowest BCUT2D eigenvalue weighted by molar-refractivity contribution is 0.287. The van der Waals surface area contributed by atoms with Crippen LogP contribution in [0.25, 0.3) is 0 Å². The van der Waals surface area contributed by atoms with E-state index in [1.54, 1.807) is 0 Å². The molecule has 0 aliphatic carbocycles. The first-order chi connectivity index (χ1) is 10.5. The first-order valence-electron chi connectivity index (χ1n) is 7.23. The topological polar surface area (TPSA) is 46.2 Å². The monoisotopic (exact) mass is 315 g/mol. The van der Waals surface area contributed by atoms with Crippen molar-refractivity contribution >= 4 is 23.1 Å². The van der Waals surface area contributed by atoms with Crippen molar-refractivity contribution in [2.24, 2.45) is 0 Å². The van der Waals surface area contributed by atoms with E-state index < -0.39 is 0 Å². The molecule has 116 valence electrons. The van der Waals surface area contributed by atoms with Crippen LogP contribution in [-0.2, 0) is 0 Å². The summed E-state index contributed by atoms with van der Waals surface area (Å²) in [5.74, 6) is 1.60. The third-order valence-corrected chi connectivity index (χ3v) is 3.25. The molecular weight excluding hydrogens is 294 g/mol. The fourth-order valence-electron chi connectivity index (χ4n) is 1.89. The summed E-state index contributed by atoms with van der Waals surface area (Å²) in [6.07, 6.45) is 0. The van der Waals surface area contributed by atoms with Crippen LogP contribution in [-0.4, -0.2) is 22.7 Å². The number of hydrogen-bond donors (Lipinski definition) is 2. The van der Waals surface area contributed by atoms with Crippen molar-refractivity contribution in [3.8, 4) is 5.75 Å². The summed E-state index contributed by atoms with van der Waals surface area (Å²) < 4.78 is 5.73. The lowest BCUT2D eigenvalue weighted by Crippen LogP contribution is -2.39. The summed E-state index contributed by atoms with van der Waals surface area (Å²) in [5, 5.41) is 6.80. The number of pyridine rings is 1. The van der Waals surface area contributed by atoms with Crippen molar-refractivity contribution in [1.82, 2.24) is 10.3 Å². The Hall–Kier alpha value is -2.14. The van der Waals surface area contributed by atoms with Crippen molar-refractivity contribution < 1.29 is 4.74 Å². The second-order valence-electron chi connectivity index (χ2n) is 5.29. The normalized spacial score (nSPS) is 11.6. The number of aryl methyl sites for hydroxylation is 2. The molecule has 0 spiro atoms. The van der Waals surface area contributed by atoms with Gasteiger partial charge in [0, 0.05) is 5.69 Å². The van der Waals surface area contributed by atoms with Crippen molar-refractivity contribution in [3.63, 3.8) is 0 Å². The van der Waals surface area contributed by atoms with E-state index in [9.17, 15) is 0 Å². The number of nitrogens with one attached hydrogen (secondary N) is 2. The van der Waals surface area contributed by atoms with Gasteiger partial charge in [-0.2, -0.15) is 0 Å². The highest BCUT2D eigenvalue weighted by Gasteiger charge is 2.06. The molecule has 0 saturated heterocycles. The summed E-state index contributed by atoms with van der Waals surface area (Å²) in [5.41, 5.74) is 2.16. The van der Waals surface area contributed by atoms with Crippen LogP contribution in [0.4, 0.5) is 5.82 Å². The van der Waals surface area contributed by atoms with Crippen LogP contribution in [0.1, 0.15) is 18.2 Å². The Morgan fingerprint density at radius 1 is 1.18 bits per heavy atom. The van der Waals surface area contributed by atoms with Gasteiger partial charge in [-0.15, -0.1) is 0 Å². The van der Waals surface area contributed by atoms with Gasteiger partial charge < -0.3 is 15.4 Å². The molecule has 0 radical (unpaired) electrons. The first kappa shape index (κ1) is 16.2. The van der Waals surface area contributed by atoms with Crippen molar-refractivity contribution in [2.75, 3.05) is 11.9 Å². The van der Waals surface area contributed by atoms with Gasteiger partial charge in [0.15, 0.2) is 5.11 Å². The van der Waals surface area contributed by atoms with Crippen molar-refractivity contribution in [1.29, 1.82) is 0 Å². The van der Waals surface area contributed by atoms with Crippen LogP contribution >= 0.6 is 12.2 Å². The highest BCUT2D eigenvalue weighted by molar-refractivity contribution is 7.80. The number of ether oxygens (including phenoxy) is 1. The summed E-state index contributed by atoms with van der Waals surface area (Å²) in [6.45, 7) is 6.55. The van der Waals surface area contributed by atoms with Gasteiger partial charge >= 0.3 is 0 Å². The smallest absolute Gasteiger partial charge is 0.172 e. The summed E-state index contributed by atoms with van der Waals surface area (Å²) >= 11 is 5.29. The molecule has 5 heteroatoms. The summed E-state index contributed by atoms with van der Waals surface area (Å²) in [7, 11) is 0. The Morgan fingerprint density at radius 2 is 1.91 bits per heavy atom. The van der Waals surface area contributed by atoms with E-state index in [1.807, 2.05) is 56.3 Å². The number of hydrogen-bond acceptors (Lipinski definition) is 3. The van der Waals surface area contributed by atoms with Crippen LogP contribution in [0.5, 0.6) is 5.75 Å². The minimum atomic E-state index is 0.0890. The van der Waals surface area contributed by atoms with Crippen LogP contribution in [0, 0.1) is 13.8 Å². The molecule has 1 atom stereocenters. The zero-order chi connectivity index (χ0) is 15.9. The van der Waals surface area contributed by atoms with Gasteiger partial charge in [-0.1, -0.05) is 23.8 Å². The Labute approximate surface area is 136 Å². The molecule has 0 aliphatic rings. The van der Waals surface area contributed by atoms with E-state index in [2.05, 4.69) is 22.5 Å². The van der Waals surface area contributed by atoms with Gasteiger partial charge in [0.2, 0.25) is 0 Å². The Kier molecular flexibility index (Phi) is 5.72. The molecule has 1 aromatic heterocycles. The molecule has 4 nitrogen and oxygen atoms in total. The fourth-order valence-corrected chi connectivity index (χ4v) is 2.19. The molecule has 22 heavy (non-hydrogen) atoms. The Balaban J connectivity index is 1.77. The summed E-state index contributed by atoms with van der Waals surface area (Å²) in [4.78, 5) is 4.35. The maximum absolute atomic E-state index is 5.73. The van der Waals surface area contributed by atoms with Crippen LogP contribution in [0.3, 0.4) is 0 Å². The van der Waals surface area contributed by atoms with E-state index in [0.717, 1.165) is 17.3 Å². The second kappa shape index (κ2) is 7.75. The number of nitrogens with zero attached hydrogens (tertiary/aromatic N) is 1. The van der Waals surface area contributed by atoms with Gasteiger partial charge in [0.05, 0.1) is 6.04 Å². The SMILES string of the molecule is Cc1ccc(OCC(C)NC(=S)Nc2cccc(C)n2)cc1. The molecule has 2 rings (SSSR count). The number of benzene rings is 1. The lowest BCUT2D eigenvalue weighted by Gasteiger charge is -2.17. The molecule has 1 unspecified atom stereocenters.